The number of amides is 1. The lowest BCUT2D eigenvalue weighted by molar-refractivity contribution is 0.0950. The Hall–Kier alpha value is -3.06. The SMILES string of the molecule is Cc1ccc(-c2cnc(CNC(=O)c3nc4cnccc4s3)[nH]2)cc1. The molecule has 0 aliphatic rings. The van der Waals surface area contributed by atoms with Gasteiger partial charge in [0.25, 0.3) is 5.91 Å². The van der Waals surface area contributed by atoms with E-state index in [9.17, 15) is 4.79 Å². The van der Waals surface area contributed by atoms with E-state index in [0.29, 0.717) is 17.4 Å². The maximum atomic E-state index is 12.3. The molecule has 3 heterocycles. The van der Waals surface area contributed by atoms with Gasteiger partial charge in [0.2, 0.25) is 0 Å². The fourth-order valence-electron chi connectivity index (χ4n) is 2.45. The Balaban J connectivity index is 1.44. The summed E-state index contributed by atoms with van der Waals surface area (Å²) in [5.74, 6) is 0.487. The first-order valence-electron chi connectivity index (χ1n) is 7.79. The van der Waals surface area contributed by atoms with E-state index in [4.69, 9.17) is 0 Å². The highest BCUT2D eigenvalue weighted by Crippen LogP contribution is 2.21. The molecule has 124 valence electrons. The Morgan fingerprint density at radius 2 is 2.04 bits per heavy atom. The zero-order chi connectivity index (χ0) is 17.2. The lowest BCUT2D eigenvalue weighted by atomic mass is 10.1. The molecule has 0 bridgehead atoms. The van der Waals surface area contributed by atoms with Gasteiger partial charge in [-0.3, -0.25) is 9.78 Å². The van der Waals surface area contributed by atoms with Crippen molar-refractivity contribution in [2.75, 3.05) is 0 Å². The number of aromatic amines is 1. The molecule has 0 saturated carbocycles. The van der Waals surface area contributed by atoms with Crippen molar-refractivity contribution in [3.8, 4) is 11.3 Å². The molecule has 1 aromatic carbocycles. The molecule has 0 aliphatic carbocycles. The molecule has 3 aromatic heterocycles. The Morgan fingerprint density at radius 3 is 2.84 bits per heavy atom. The van der Waals surface area contributed by atoms with Crippen molar-refractivity contribution >= 4 is 27.5 Å². The number of pyridine rings is 1. The summed E-state index contributed by atoms with van der Waals surface area (Å²) in [6.07, 6.45) is 5.12. The Kier molecular flexibility index (Phi) is 3.99. The molecular formula is C18H15N5OS. The van der Waals surface area contributed by atoms with Gasteiger partial charge in [-0.25, -0.2) is 9.97 Å². The van der Waals surface area contributed by atoms with Crippen LogP contribution < -0.4 is 5.32 Å². The highest BCUT2D eigenvalue weighted by molar-refractivity contribution is 7.20. The number of carbonyl (C=O) groups is 1. The number of H-pyrrole nitrogens is 1. The molecular weight excluding hydrogens is 334 g/mol. The zero-order valence-corrected chi connectivity index (χ0v) is 14.3. The number of rotatable bonds is 4. The molecule has 2 N–H and O–H groups in total. The summed E-state index contributed by atoms with van der Waals surface area (Å²) >= 11 is 1.35. The number of hydrogen-bond acceptors (Lipinski definition) is 5. The zero-order valence-electron chi connectivity index (χ0n) is 13.5. The average molecular weight is 349 g/mol. The van der Waals surface area contributed by atoms with E-state index in [2.05, 4.69) is 44.3 Å². The maximum absolute atomic E-state index is 12.3. The number of carbonyl (C=O) groups excluding carboxylic acids is 1. The number of aromatic nitrogens is 4. The summed E-state index contributed by atoms with van der Waals surface area (Å²) in [6.45, 7) is 2.37. The van der Waals surface area contributed by atoms with Gasteiger partial charge in [-0.15, -0.1) is 11.3 Å². The molecule has 0 spiro atoms. The summed E-state index contributed by atoms with van der Waals surface area (Å²) < 4.78 is 0.944. The number of aryl methyl sites for hydroxylation is 1. The first kappa shape index (κ1) is 15.5. The lowest BCUT2D eigenvalue weighted by Crippen LogP contribution is -2.23. The predicted octanol–water partition coefficient (Wildman–Crippen LogP) is 3.32. The van der Waals surface area contributed by atoms with Crippen LogP contribution in [-0.2, 0) is 6.54 Å². The highest BCUT2D eigenvalue weighted by Gasteiger charge is 2.12. The van der Waals surface area contributed by atoms with Gasteiger partial charge in [-0.2, -0.15) is 0 Å². The summed E-state index contributed by atoms with van der Waals surface area (Å²) in [4.78, 5) is 28.1. The van der Waals surface area contributed by atoms with Crippen LogP contribution >= 0.6 is 11.3 Å². The molecule has 4 rings (SSSR count). The van der Waals surface area contributed by atoms with Crippen LogP contribution in [0.25, 0.3) is 21.5 Å². The van der Waals surface area contributed by atoms with Crippen LogP contribution in [0.3, 0.4) is 0 Å². The molecule has 0 saturated heterocycles. The number of thiazole rings is 1. The smallest absolute Gasteiger partial charge is 0.280 e. The quantitative estimate of drug-likeness (QED) is 0.592. The van der Waals surface area contributed by atoms with Crippen LogP contribution in [0.2, 0.25) is 0 Å². The molecule has 0 unspecified atom stereocenters. The molecule has 0 atom stereocenters. The van der Waals surface area contributed by atoms with Gasteiger partial charge in [0, 0.05) is 6.20 Å². The van der Waals surface area contributed by atoms with Crippen LogP contribution in [0.15, 0.2) is 48.9 Å². The van der Waals surface area contributed by atoms with E-state index in [1.165, 1.54) is 16.9 Å². The monoisotopic (exact) mass is 349 g/mol. The summed E-state index contributed by atoms with van der Waals surface area (Å²) in [7, 11) is 0. The van der Waals surface area contributed by atoms with Gasteiger partial charge in [0.05, 0.1) is 29.3 Å². The molecule has 1 amide bonds. The minimum absolute atomic E-state index is 0.213. The number of fused-ring (bicyclic) bond motifs is 1. The summed E-state index contributed by atoms with van der Waals surface area (Å²) in [6, 6.07) is 10.0. The van der Waals surface area contributed by atoms with Gasteiger partial charge >= 0.3 is 0 Å². The van der Waals surface area contributed by atoms with Crippen molar-refractivity contribution in [1.29, 1.82) is 0 Å². The first-order chi connectivity index (χ1) is 12.2. The van der Waals surface area contributed by atoms with Gasteiger partial charge in [0.1, 0.15) is 11.3 Å². The van der Waals surface area contributed by atoms with Gasteiger partial charge in [-0.1, -0.05) is 29.8 Å². The summed E-state index contributed by atoms with van der Waals surface area (Å²) in [5, 5.41) is 3.27. The average Bonchev–Trinajstić information content (AvgIpc) is 3.27. The number of hydrogen-bond donors (Lipinski definition) is 2. The van der Waals surface area contributed by atoms with Crippen molar-refractivity contribution in [3.63, 3.8) is 0 Å². The van der Waals surface area contributed by atoms with E-state index in [1.807, 2.05) is 18.2 Å². The molecule has 0 fully saturated rings. The van der Waals surface area contributed by atoms with E-state index in [1.54, 1.807) is 18.6 Å². The van der Waals surface area contributed by atoms with E-state index < -0.39 is 0 Å². The van der Waals surface area contributed by atoms with Crippen LogP contribution in [0.1, 0.15) is 21.2 Å². The van der Waals surface area contributed by atoms with Gasteiger partial charge in [0.15, 0.2) is 5.01 Å². The fourth-order valence-corrected chi connectivity index (χ4v) is 3.30. The second-order valence-corrected chi connectivity index (χ2v) is 6.69. The Morgan fingerprint density at radius 1 is 1.20 bits per heavy atom. The van der Waals surface area contributed by atoms with E-state index in [-0.39, 0.29) is 5.91 Å². The van der Waals surface area contributed by atoms with Crippen molar-refractivity contribution in [2.45, 2.75) is 13.5 Å². The number of nitrogens with zero attached hydrogens (tertiary/aromatic N) is 3. The third-order valence-electron chi connectivity index (χ3n) is 3.79. The topological polar surface area (TPSA) is 83.6 Å². The largest absolute Gasteiger partial charge is 0.343 e. The van der Waals surface area contributed by atoms with Gasteiger partial charge < -0.3 is 10.3 Å². The van der Waals surface area contributed by atoms with Crippen molar-refractivity contribution < 1.29 is 4.79 Å². The van der Waals surface area contributed by atoms with Crippen LogP contribution in [0.4, 0.5) is 0 Å². The minimum atomic E-state index is -0.213. The fraction of sp³-hybridized carbons (Fsp3) is 0.111. The van der Waals surface area contributed by atoms with E-state index in [0.717, 1.165) is 21.5 Å². The third-order valence-corrected chi connectivity index (χ3v) is 4.83. The molecule has 0 aliphatic heterocycles. The number of nitrogens with one attached hydrogen (secondary N) is 2. The number of imidazole rings is 1. The maximum Gasteiger partial charge on any atom is 0.280 e. The standard InChI is InChI=1S/C18H15N5OS/c1-11-2-4-12(5-3-11)13-9-20-16(22-13)10-21-17(24)18-23-14-8-19-7-6-15(14)25-18/h2-9H,10H2,1H3,(H,20,22)(H,21,24). The van der Waals surface area contributed by atoms with Crippen LogP contribution in [0.5, 0.6) is 0 Å². The Bertz CT molecular complexity index is 1000. The van der Waals surface area contributed by atoms with Crippen LogP contribution in [-0.4, -0.2) is 25.8 Å². The molecule has 25 heavy (non-hydrogen) atoms. The third kappa shape index (κ3) is 3.27. The predicted molar refractivity (Wildman–Crippen MR) is 97.3 cm³/mol. The van der Waals surface area contributed by atoms with Crippen molar-refractivity contribution in [2.24, 2.45) is 0 Å². The van der Waals surface area contributed by atoms with Crippen molar-refractivity contribution in [3.05, 3.63) is 65.3 Å². The number of benzene rings is 1. The minimum Gasteiger partial charge on any atom is -0.343 e. The molecule has 6 nitrogen and oxygen atoms in total. The second kappa shape index (κ2) is 6.45. The van der Waals surface area contributed by atoms with Crippen molar-refractivity contribution in [1.82, 2.24) is 25.3 Å². The molecule has 7 heteroatoms. The second-order valence-electron chi connectivity index (χ2n) is 5.65. The first-order valence-corrected chi connectivity index (χ1v) is 8.60. The van der Waals surface area contributed by atoms with Crippen LogP contribution in [0, 0.1) is 6.92 Å². The normalized spacial score (nSPS) is 10.9. The molecule has 0 radical (unpaired) electrons. The van der Waals surface area contributed by atoms with Gasteiger partial charge in [-0.05, 0) is 18.6 Å². The Labute approximate surface area is 148 Å². The molecule has 4 aromatic rings. The van der Waals surface area contributed by atoms with E-state index >= 15 is 0 Å². The summed E-state index contributed by atoms with van der Waals surface area (Å²) in [5.41, 5.74) is 3.93. The highest BCUT2D eigenvalue weighted by atomic mass is 32.1. The lowest BCUT2D eigenvalue weighted by Gasteiger charge is -2.00.